The van der Waals surface area contributed by atoms with E-state index in [4.69, 9.17) is 0 Å². The molecule has 0 aliphatic rings. The number of thiol groups is 1. The van der Waals surface area contributed by atoms with Gasteiger partial charge in [-0.1, -0.05) is 13.8 Å². The van der Waals surface area contributed by atoms with Crippen molar-refractivity contribution >= 4 is 23.6 Å². The van der Waals surface area contributed by atoms with E-state index in [9.17, 15) is 9.90 Å². The number of aliphatic hydroxyl groups excluding tert-OH is 1. The highest BCUT2D eigenvalue weighted by molar-refractivity contribution is 7.97. The van der Waals surface area contributed by atoms with E-state index >= 15 is 0 Å². The van der Waals surface area contributed by atoms with Gasteiger partial charge in [-0.15, -0.1) is 12.6 Å². The van der Waals surface area contributed by atoms with Crippen LogP contribution >= 0.6 is 12.6 Å². The molecule has 1 atom stereocenters. The average molecular weight is 255 g/mol. The Morgan fingerprint density at radius 2 is 2.24 bits per heavy atom. The van der Waals surface area contributed by atoms with E-state index in [-0.39, 0.29) is 18.6 Å². The van der Waals surface area contributed by atoms with Crippen molar-refractivity contribution in [2.45, 2.75) is 26.8 Å². The Hall–Kier alpha value is -1.14. The van der Waals surface area contributed by atoms with Crippen molar-refractivity contribution in [2.24, 2.45) is 5.92 Å². The number of hydrogen-bond acceptors (Lipinski definition) is 5. The first-order valence-electron chi connectivity index (χ1n) is 5.40. The molecule has 0 aliphatic carbocycles. The standard InChI is InChI=1S/C11H17N3O2S/c1-6(2)9(5-15)14-10-8(11(16)17)4-12-7(3)13-10/h4,6,9,15H,5H2,1-3H3,(H,16,17)(H,12,13,14)/t9-/m0/s1. The van der Waals surface area contributed by atoms with Crippen molar-refractivity contribution in [3.8, 4) is 0 Å². The van der Waals surface area contributed by atoms with E-state index in [1.54, 1.807) is 6.92 Å². The van der Waals surface area contributed by atoms with Crippen LogP contribution in [0.5, 0.6) is 0 Å². The number of nitrogens with zero attached hydrogens (tertiary/aromatic N) is 2. The molecule has 17 heavy (non-hydrogen) atoms. The maximum absolute atomic E-state index is 11.3. The molecule has 0 unspecified atom stereocenters. The second-order valence-electron chi connectivity index (χ2n) is 4.16. The van der Waals surface area contributed by atoms with Crippen LogP contribution in [0.3, 0.4) is 0 Å². The molecule has 1 heterocycles. The lowest BCUT2D eigenvalue weighted by Gasteiger charge is -2.21. The molecule has 0 aliphatic heterocycles. The third kappa shape index (κ3) is 3.67. The fourth-order valence-electron chi connectivity index (χ4n) is 1.34. The van der Waals surface area contributed by atoms with Crippen LogP contribution in [0, 0.1) is 12.8 Å². The number of carbonyl (C=O) groups excluding carboxylic acids is 1. The van der Waals surface area contributed by atoms with Gasteiger partial charge in [0.1, 0.15) is 11.6 Å². The molecule has 0 spiro atoms. The third-order valence-corrected chi connectivity index (χ3v) is 2.70. The molecule has 2 N–H and O–H groups in total. The summed E-state index contributed by atoms with van der Waals surface area (Å²) in [6.07, 6.45) is 1.44. The van der Waals surface area contributed by atoms with Gasteiger partial charge in [-0.2, -0.15) is 0 Å². The molecule has 5 nitrogen and oxygen atoms in total. The molecule has 0 amide bonds. The Bertz CT molecular complexity index is 410. The number of carbonyl (C=O) groups is 1. The Balaban J connectivity index is 3.03. The maximum Gasteiger partial charge on any atom is 0.221 e. The van der Waals surface area contributed by atoms with E-state index < -0.39 is 5.12 Å². The van der Waals surface area contributed by atoms with Crippen LogP contribution in [0.2, 0.25) is 0 Å². The molecule has 0 bridgehead atoms. The van der Waals surface area contributed by atoms with Crippen molar-refractivity contribution in [1.29, 1.82) is 0 Å². The van der Waals surface area contributed by atoms with Gasteiger partial charge < -0.3 is 10.4 Å². The lowest BCUT2D eigenvalue weighted by Crippen LogP contribution is -2.30. The van der Waals surface area contributed by atoms with Crippen LogP contribution in [0.1, 0.15) is 30.0 Å². The Morgan fingerprint density at radius 1 is 1.59 bits per heavy atom. The van der Waals surface area contributed by atoms with Gasteiger partial charge in [0.05, 0.1) is 18.2 Å². The Kier molecular flexibility index (Phi) is 4.89. The molecule has 0 aromatic carbocycles. The van der Waals surface area contributed by atoms with Gasteiger partial charge in [0.15, 0.2) is 0 Å². The highest BCUT2D eigenvalue weighted by Crippen LogP contribution is 2.17. The minimum atomic E-state index is -0.395. The fourth-order valence-corrected chi connectivity index (χ4v) is 1.50. The zero-order chi connectivity index (χ0) is 13.0. The van der Waals surface area contributed by atoms with E-state index in [0.29, 0.717) is 17.2 Å². The van der Waals surface area contributed by atoms with Gasteiger partial charge >= 0.3 is 0 Å². The van der Waals surface area contributed by atoms with Gasteiger partial charge in [0.25, 0.3) is 0 Å². The highest BCUT2D eigenvalue weighted by Gasteiger charge is 2.17. The molecule has 1 aromatic heterocycles. The van der Waals surface area contributed by atoms with Gasteiger partial charge in [-0.05, 0) is 12.8 Å². The molecular weight excluding hydrogens is 238 g/mol. The predicted molar refractivity (Wildman–Crippen MR) is 69.4 cm³/mol. The first-order valence-corrected chi connectivity index (χ1v) is 5.84. The smallest absolute Gasteiger partial charge is 0.221 e. The van der Waals surface area contributed by atoms with Crippen molar-refractivity contribution in [3.05, 3.63) is 17.6 Å². The number of hydrogen-bond donors (Lipinski definition) is 3. The van der Waals surface area contributed by atoms with Crippen molar-refractivity contribution in [2.75, 3.05) is 11.9 Å². The number of anilines is 1. The normalized spacial score (nSPS) is 12.6. The van der Waals surface area contributed by atoms with Gasteiger partial charge in [-0.25, -0.2) is 9.97 Å². The van der Waals surface area contributed by atoms with Gasteiger partial charge in [0.2, 0.25) is 5.12 Å². The molecule has 6 heteroatoms. The first kappa shape index (κ1) is 13.9. The fraction of sp³-hybridized carbons (Fsp3) is 0.545. The number of aromatic nitrogens is 2. The summed E-state index contributed by atoms with van der Waals surface area (Å²) in [5.74, 6) is 1.20. The summed E-state index contributed by atoms with van der Waals surface area (Å²) in [5, 5.41) is 11.9. The largest absolute Gasteiger partial charge is 0.394 e. The van der Waals surface area contributed by atoms with Crippen LogP contribution in [0.25, 0.3) is 0 Å². The van der Waals surface area contributed by atoms with Crippen LogP contribution in [0.4, 0.5) is 5.82 Å². The summed E-state index contributed by atoms with van der Waals surface area (Å²) in [6.45, 7) is 5.66. The topological polar surface area (TPSA) is 75.1 Å². The highest BCUT2D eigenvalue weighted by atomic mass is 32.1. The van der Waals surface area contributed by atoms with Gasteiger partial charge in [0, 0.05) is 6.20 Å². The van der Waals surface area contributed by atoms with E-state index in [0.717, 1.165) is 0 Å². The summed E-state index contributed by atoms with van der Waals surface area (Å²) in [7, 11) is 0. The molecule has 1 rings (SSSR count). The minimum Gasteiger partial charge on any atom is -0.394 e. The maximum atomic E-state index is 11.3. The second kappa shape index (κ2) is 5.97. The van der Waals surface area contributed by atoms with E-state index in [2.05, 4.69) is 27.9 Å². The molecule has 0 saturated carbocycles. The van der Waals surface area contributed by atoms with Crippen molar-refractivity contribution in [3.63, 3.8) is 0 Å². The molecule has 0 saturated heterocycles. The van der Waals surface area contributed by atoms with Crippen LogP contribution in [-0.2, 0) is 0 Å². The van der Waals surface area contributed by atoms with Crippen LogP contribution in [-0.4, -0.2) is 32.8 Å². The predicted octanol–water partition coefficient (Wildman–Crippen LogP) is 1.28. The first-order chi connectivity index (χ1) is 7.95. The Labute approximate surface area is 106 Å². The van der Waals surface area contributed by atoms with Crippen LogP contribution in [0.15, 0.2) is 6.20 Å². The zero-order valence-corrected chi connectivity index (χ0v) is 11.0. The molecule has 0 fully saturated rings. The monoisotopic (exact) mass is 255 g/mol. The van der Waals surface area contributed by atoms with Crippen molar-refractivity contribution < 1.29 is 9.90 Å². The molecule has 0 radical (unpaired) electrons. The summed E-state index contributed by atoms with van der Waals surface area (Å²) < 4.78 is 0. The lowest BCUT2D eigenvalue weighted by atomic mass is 10.1. The molecule has 1 aromatic rings. The van der Waals surface area contributed by atoms with E-state index in [1.165, 1.54) is 6.20 Å². The number of aryl methyl sites for hydroxylation is 1. The lowest BCUT2D eigenvalue weighted by molar-refractivity contribution is 0.109. The van der Waals surface area contributed by atoms with E-state index in [1.807, 2.05) is 13.8 Å². The second-order valence-corrected chi connectivity index (χ2v) is 4.57. The summed E-state index contributed by atoms with van der Waals surface area (Å²) >= 11 is 3.77. The number of rotatable bonds is 5. The number of nitrogens with one attached hydrogen (secondary N) is 1. The molecule has 94 valence electrons. The summed E-state index contributed by atoms with van der Waals surface area (Å²) in [6, 6.07) is -0.157. The molecular formula is C11H17N3O2S. The number of aliphatic hydroxyl groups is 1. The minimum absolute atomic E-state index is 0.0269. The zero-order valence-electron chi connectivity index (χ0n) is 10.1. The van der Waals surface area contributed by atoms with Crippen molar-refractivity contribution in [1.82, 2.24) is 9.97 Å². The van der Waals surface area contributed by atoms with Crippen LogP contribution < -0.4 is 5.32 Å². The average Bonchev–Trinajstić information content (AvgIpc) is 2.25. The Morgan fingerprint density at radius 3 is 2.71 bits per heavy atom. The van der Waals surface area contributed by atoms with Gasteiger partial charge in [-0.3, -0.25) is 4.79 Å². The summed E-state index contributed by atoms with van der Waals surface area (Å²) in [4.78, 5) is 19.4. The third-order valence-electron chi connectivity index (χ3n) is 2.46. The quantitative estimate of drug-likeness (QED) is 0.691. The summed E-state index contributed by atoms with van der Waals surface area (Å²) in [5.41, 5.74) is 0.318. The SMILES string of the molecule is Cc1ncc(C(=O)S)c(N[C@@H](CO)C(C)C)n1.